The highest BCUT2D eigenvalue weighted by molar-refractivity contribution is 7.98. The summed E-state index contributed by atoms with van der Waals surface area (Å²) < 4.78 is 2.50. The number of hydrogen-bond donors (Lipinski definition) is 0. The number of para-hydroxylation sites is 1. The van der Waals surface area contributed by atoms with Crippen LogP contribution in [0.5, 0.6) is 0 Å². The molecule has 0 fully saturated rings. The zero-order valence-corrected chi connectivity index (χ0v) is 15.8. The molecule has 4 aromatic rings. The molecule has 3 aromatic carbocycles. The number of nitrogens with zero attached hydrogens (tertiary/aromatic N) is 1. The van der Waals surface area contributed by atoms with Crippen LogP contribution < -0.4 is 0 Å². The Balaban J connectivity index is 2.10. The Bertz CT molecular complexity index is 1030. The molecule has 0 aliphatic rings. The molecular formula is C23H23NS. The fraction of sp³-hybridized carbons (Fsp3) is 0.217. The maximum atomic E-state index is 2.50. The van der Waals surface area contributed by atoms with Crippen LogP contribution in [0.3, 0.4) is 0 Å². The van der Waals surface area contributed by atoms with Gasteiger partial charge in [-0.3, -0.25) is 0 Å². The van der Waals surface area contributed by atoms with E-state index in [1.54, 1.807) is 0 Å². The number of thioether (sulfide) groups is 1. The topological polar surface area (TPSA) is 4.93 Å². The van der Waals surface area contributed by atoms with E-state index >= 15 is 0 Å². The maximum Gasteiger partial charge on any atom is 0.0635 e. The van der Waals surface area contributed by atoms with E-state index in [4.69, 9.17) is 0 Å². The third-order valence-corrected chi connectivity index (χ3v) is 5.70. The molecule has 2 heteroatoms. The van der Waals surface area contributed by atoms with E-state index in [0.29, 0.717) is 5.92 Å². The quantitative estimate of drug-likeness (QED) is 0.373. The Morgan fingerprint density at radius 3 is 2.32 bits per heavy atom. The van der Waals surface area contributed by atoms with Gasteiger partial charge < -0.3 is 4.57 Å². The third-order valence-electron chi connectivity index (χ3n) is 4.93. The van der Waals surface area contributed by atoms with Gasteiger partial charge in [0, 0.05) is 27.7 Å². The van der Waals surface area contributed by atoms with Crippen LogP contribution in [0, 0.1) is 0 Å². The van der Waals surface area contributed by atoms with Gasteiger partial charge in [0.1, 0.15) is 0 Å². The van der Waals surface area contributed by atoms with E-state index in [-0.39, 0.29) is 0 Å². The second kappa shape index (κ2) is 6.61. The third kappa shape index (κ3) is 2.75. The summed E-state index contributed by atoms with van der Waals surface area (Å²) in [6.45, 7) is 5.48. The minimum atomic E-state index is 0.509. The van der Waals surface area contributed by atoms with Crippen molar-refractivity contribution in [2.45, 2.75) is 31.2 Å². The Hall–Kier alpha value is -2.19. The van der Waals surface area contributed by atoms with Crippen molar-refractivity contribution in [2.75, 3.05) is 6.26 Å². The van der Waals surface area contributed by atoms with Crippen molar-refractivity contribution >= 4 is 33.6 Å². The molecule has 0 radical (unpaired) electrons. The molecule has 0 N–H and O–H groups in total. The van der Waals surface area contributed by atoms with Crippen molar-refractivity contribution < 1.29 is 0 Å². The van der Waals surface area contributed by atoms with E-state index in [1.807, 2.05) is 11.8 Å². The van der Waals surface area contributed by atoms with Crippen molar-refractivity contribution in [3.05, 3.63) is 77.9 Å². The first-order chi connectivity index (χ1) is 12.2. The molecule has 0 saturated heterocycles. The molecule has 0 unspecified atom stereocenters. The van der Waals surface area contributed by atoms with E-state index in [9.17, 15) is 0 Å². The lowest BCUT2D eigenvalue weighted by molar-refractivity contribution is 0.854. The Labute approximate surface area is 153 Å². The fourth-order valence-electron chi connectivity index (χ4n) is 3.76. The van der Waals surface area contributed by atoms with Crippen molar-refractivity contribution in [2.24, 2.45) is 0 Å². The predicted octanol–water partition coefficient (Wildman–Crippen LogP) is 6.69. The van der Waals surface area contributed by atoms with Crippen LogP contribution in [0.15, 0.2) is 71.6 Å². The number of hydrogen-bond acceptors (Lipinski definition) is 1. The predicted molar refractivity (Wildman–Crippen MR) is 111 cm³/mol. The molecule has 0 bridgehead atoms. The van der Waals surface area contributed by atoms with E-state index in [1.165, 1.54) is 37.8 Å². The smallest absolute Gasteiger partial charge is 0.0635 e. The molecule has 0 atom stereocenters. The molecule has 1 nitrogen and oxygen atoms in total. The van der Waals surface area contributed by atoms with Gasteiger partial charge in [0.15, 0.2) is 0 Å². The van der Waals surface area contributed by atoms with Crippen LogP contribution in [0.4, 0.5) is 0 Å². The molecule has 0 aliphatic heterocycles. The van der Waals surface area contributed by atoms with Gasteiger partial charge in [0.25, 0.3) is 0 Å². The minimum absolute atomic E-state index is 0.509. The SMILES string of the molecule is CSc1ccc(C(C)C)c2c3ccccc3n(Cc3ccccc3)c12. The molecule has 1 aromatic heterocycles. The van der Waals surface area contributed by atoms with Gasteiger partial charge >= 0.3 is 0 Å². The van der Waals surface area contributed by atoms with Crippen LogP contribution >= 0.6 is 11.8 Å². The van der Waals surface area contributed by atoms with Crippen LogP contribution in [-0.4, -0.2) is 10.8 Å². The summed E-state index contributed by atoms with van der Waals surface area (Å²) in [5, 5.41) is 2.79. The van der Waals surface area contributed by atoms with Crippen LogP contribution in [-0.2, 0) is 6.54 Å². The number of rotatable bonds is 4. The average Bonchev–Trinajstić information content (AvgIpc) is 2.97. The lowest BCUT2D eigenvalue weighted by Crippen LogP contribution is -2.00. The first-order valence-electron chi connectivity index (χ1n) is 8.82. The first-order valence-corrected chi connectivity index (χ1v) is 10.0. The Morgan fingerprint density at radius 2 is 1.60 bits per heavy atom. The minimum Gasteiger partial charge on any atom is -0.335 e. The maximum absolute atomic E-state index is 2.50. The number of aromatic nitrogens is 1. The monoisotopic (exact) mass is 345 g/mol. The van der Waals surface area contributed by atoms with Crippen LogP contribution in [0.2, 0.25) is 0 Å². The van der Waals surface area contributed by atoms with E-state index < -0.39 is 0 Å². The van der Waals surface area contributed by atoms with Crippen molar-refractivity contribution in [3.63, 3.8) is 0 Å². The van der Waals surface area contributed by atoms with Crippen molar-refractivity contribution in [3.8, 4) is 0 Å². The van der Waals surface area contributed by atoms with Crippen molar-refractivity contribution in [1.82, 2.24) is 4.57 Å². The highest BCUT2D eigenvalue weighted by atomic mass is 32.2. The van der Waals surface area contributed by atoms with Gasteiger partial charge in [0.05, 0.1) is 5.52 Å². The van der Waals surface area contributed by atoms with Crippen LogP contribution in [0.1, 0.15) is 30.9 Å². The molecule has 1 heterocycles. The van der Waals surface area contributed by atoms with E-state index in [2.05, 4.69) is 91.4 Å². The summed E-state index contributed by atoms with van der Waals surface area (Å²) in [6, 6.07) is 24.2. The summed E-state index contributed by atoms with van der Waals surface area (Å²) in [4.78, 5) is 1.35. The van der Waals surface area contributed by atoms with Crippen molar-refractivity contribution in [1.29, 1.82) is 0 Å². The Kier molecular flexibility index (Phi) is 4.30. The molecule has 0 amide bonds. The summed E-state index contributed by atoms with van der Waals surface area (Å²) in [6.07, 6.45) is 2.17. The first kappa shape index (κ1) is 16.3. The summed E-state index contributed by atoms with van der Waals surface area (Å²) in [7, 11) is 0. The lowest BCUT2D eigenvalue weighted by Gasteiger charge is -2.13. The summed E-state index contributed by atoms with van der Waals surface area (Å²) in [5.41, 5.74) is 5.48. The highest BCUT2D eigenvalue weighted by Crippen LogP contribution is 2.39. The molecule has 4 rings (SSSR count). The normalized spacial score (nSPS) is 11.7. The zero-order valence-electron chi connectivity index (χ0n) is 15.0. The zero-order chi connectivity index (χ0) is 17.4. The molecule has 126 valence electrons. The van der Waals surface area contributed by atoms with Gasteiger partial charge in [0.2, 0.25) is 0 Å². The second-order valence-electron chi connectivity index (χ2n) is 6.82. The Morgan fingerprint density at radius 1 is 0.880 bits per heavy atom. The standard InChI is InChI=1S/C23H23NS/c1-16(2)18-13-14-21(25-3)23-22(18)19-11-7-8-12-20(19)24(23)15-17-9-5-4-6-10-17/h4-14,16H,15H2,1-3H3. The summed E-state index contributed by atoms with van der Waals surface area (Å²) >= 11 is 1.84. The van der Waals surface area contributed by atoms with Gasteiger partial charge in [-0.1, -0.05) is 68.4 Å². The molecule has 0 spiro atoms. The number of benzene rings is 3. The number of fused-ring (bicyclic) bond motifs is 3. The molecule has 0 saturated carbocycles. The van der Waals surface area contributed by atoms with Gasteiger partial charge in [-0.2, -0.15) is 0 Å². The second-order valence-corrected chi connectivity index (χ2v) is 7.67. The lowest BCUT2D eigenvalue weighted by atomic mass is 9.97. The van der Waals surface area contributed by atoms with Crippen LogP contribution in [0.25, 0.3) is 21.8 Å². The highest BCUT2D eigenvalue weighted by Gasteiger charge is 2.18. The molecule has 25 heavy (non-hydrogen) atoms. The van der Waals surface area contributed by atoms with Gasteiger partial charge in [-0.05, 0) is 35.4 Å². The van der Waals surface area contributed by atoms with Gasteiger partial charge in [-0.25, -0.2) is 0 Å². The molecular weight excluding hydrogens is 322 g/mol. The largest absolute Gasteiger partial charge is 0.335 e. The summed E-state index contributed by atoms with van der Waals surface area (Å²) in [5.74, 6) is 0.509. The fourth-order valence-corrected chi connectivity index (χ4v) is 4.37. The van der Waals surface area contributed by atoms with Gasteiger partial charge in [-0.15, -0.1) is 11.8 Å². The van der Waals surface area contributed by atoms with E-state index in [0.717, 1.165) is 6.54 Å². The molecule has 0 aliphatic carbocycles. The average molecular weight is 346 g/mol.